The number of fused-ring (bicyclic) bond motifs is 3. The zero-order valence-electron chi connectivity index (χ0n) is 17.9. The quantitative estimate of drug-likeness (QED) is 0.325. The number of thioether (sulfide) groups is 1. The van der Waals surface area contributed by atoms with E-state index in [0.29, 0.717) is 24.2 Å². The average molecular weight is 454 g/mol. The molecule has 1 atom stereocenters. The maximum Gasteiger partial charge on any atom is 0.263 e. The highest BCUT2D eigenvalue weighted by molar-refractivity contribution is 7.99. The van der Waals surface area contributed by atoms with Gasteiger partial charge in [-0.3, -0.25) is 14.2 Å². The normalized spacial score (nSPS) is 15.6. The van der Waals surface area contributed by atoms with E-state index < -0.39 is 0 Å². The van der Waals surface area contributed by atoms with Crippen LogP contribution in [0.2, 0.25) is 0 Å². The molecule has 2 aromatic heterocycles. The third kappa shape index (κ3) is 4.77. The predicted molar refractivity (Wildman–Crippen MR) is 129 cm³/mol. The molecule has 162 valence electrons. The Bertz CT molecular complexity index is 1180. The van der Waals surface area contributed by atoms with Crippen LogP contribution in [0, 0.1) is 12.8 Å². The summed E-state index contributed by atoms with van der Waals surface area (Å²) < 4.78 is 1.65. The molecule has 2 heterocycles. The molecule has 31 heavy (non-hydrogen) atoms. The number of carbonyl (C=O) groups is 1. The second-order valence-electron chi connectivity index (χ2n) is 8.18. The number of hydrogen-bond donors (Lipinski definition) is 1. The van der Waals surface area contributed by atoms with Gasteiger partial charge in [0, 0.05) is 18.0 Å². The van der Waals surface area contributed by atoms with E-state index in [1.165, 1.54) is 27.8 Å². The molecule has 0 aliphatic heterocycles. The summed E-state index contributed by atoms with van der Waals surface area (Å²) in [5, 5.41) is 4.29. The zero-order valence-corrected chi connectivity index (χ0v) is 19.6. The van der Waals surface area contributed by atoms with E-state index >= 15 is 0 Å². The molecule has 5 nitrogen and oxygen atoms in total. The number of aromatic nitrogens is 2. The van der Waals surface area contributed by atoms with Crippen molar-refractivity contribution < 1.29 is 4.79 Å². The largest absolute Gasteiger partial charge is 0.351 e. The highest BCUT2D eigenvalue weighted by Crippen LogP contribution is 2.36. The molecule has 0 saturated carbocycles. The number of carbonyl (C=O) groups excluding carboxylic acids is 1. The van der Waals surface area contributed by atoms with E-state index in [1.807, 2.05) is 31.2 Å². The van der Waals surface area contributed by atoms with Crippen molar-refractivity contribution >= 4 is 39.2 Å². The number of nitrogens with zero attached hydrogens (tertiary/aromatic N) is 2. The number of benzene rings is 1. The molecule has 0 bridgehead atoms. The summed E-state index contributed by atoms with van der Waals surface area (Å²) in [6, 6.07) is 8.09. The Balaban J connectivity index is 1.53. The van der Waals surface area contributed by atoms with Crippen LogP contribution in [0.1, 0.15) is 34.9 Å². The first-order valence-electron chi connectivity index (χ1n) is 10.6. The topological polar surface area (TPSA) is 64.0 Å². The SMILES string of the molecule is C=CCn1c(SCC(=O)NCc2ccc(C)cc2)nc2sc3c(c2c1=O)CCC(C)C3. The molecule has 4 rings (SSSR count). The molecule has 1 aromatic carbocycles. The fourth-order valence-corrected chi connectivity index (χ4v) is 6.16. The highest BCUT2D eigenvalue weighted by atomic mass is 32.2. The first kappa shape index (κ1) is 21.8. The summed E-state index contributed by atoms with van der Waals surface area (Å²) in [5.41, 5.74) is 3.42. The first-order valence-corrected chi connectivity index (χ1v) is 12.4. The van der Waals surface area contributed by atoms with Crippen molar-refractivity contribution in [3.63, 3.8) is 0 Å². The predicted octanol–water partition coefficient (Wildman–Crippen LogP) is 4.49. The standard InChI is InChI=1S/C24H27N3O2S2/c1-4-11-27-23(29)21-18-10-7-16(3)12-19(18)31-22(21)26-24(27)30-14-20(28)25-13-17-8-5-15(2)6-9-17/h4-6,8-9,16H,1,7,10-14H2,2-3H3,(H,25,28). The van der Waals surface area contributed by atoms with Gasteiger partial charge in [0.25, 0.3) is 5.56 Å². The number of aryl methyl sites for hydroxylation is 2. The van der Waals surface area contributed by atoms with Crippen LogP contribution in [0.3, 0.4) is 0 Å². The summed E-state index contributed by atoms with van der Waals surface area (Å²) in [6.45, 7) is 8.96. The molecule has 1 aliphatic carbocycles. The third-order valence-electron chi connectivity index (χ3n) is 5.63. The van der Waals surface area contributed by atoms with Crippen molar-refractivity contribution in [1.29, 1.82) is 0 Å². The van der Waals surface area contributed by atoms with Crippen LogP contribution >= 0.6 is 23.1 Å². The van der Waals surface area contributed by atoms with Gasteiger partial charge in [-0.25, -0.2) is 4.98 Å². The molecule has 1 amide bonds. The number of allylic oxidation sites excluding steroid dienone is 1. The van der Waals surface area contributed by atoms with Crippen molar-refractivity contribution in [2.45, 2.75) is 51.4 Å². The lowest BCUT2D eigenvalue weighted by Gasteiger charge is -2.17. The molecule has 0 spiro atoms. The van der Waals surface area contributed by atoms with Gasteiger partial charge in [-0.15, -0.1) is 17.9 Å². The Morgan fingerprint density at radius 2 is 2.16 bits per heavy atom. The lowest BCUT2D eigenvalue weighted by molar-refractivity contribution is -0.118. The first-order chi connectivity index (χ1) is 15.0. The molecular weight excluding hydrogens is 426 g/mol. The molecule has 0 fully saturated rings. The minimum Gasteiger partial charge on any atom is -0.351 e. The Kier molecular flexibility index (Phi) is 6.62. The van der Waals surface area contributed by atoms with Crippen LogP contribution < -0.4 is 10.9 Å². The van der Waals surface area contributed by atoms with Crippen molar-refractivity contribution in [3.05, 3.63) is 68.8 Å². The van der Waals surface area contributed by atoms with Gasteiger partial charge in [0.15, 0.2) is 5.16 Å². The Morgan fingerprint density at radius 1 is 1.39 bits per heavy atom. The number of nitrogens with one attached hydrogen (secondary N) is 1. The summed E-state index contributed by atoms with van der Waals surface area (Å²) >= 11 is 2.94. The second kappa shape index (κ2) is 9.40. The van der Waals surface area contributed by atoms with Crippen LogP contribution in [0.25, 0.3) is 10.2 Å². The Morgan fingerprint density at radius 3 is 2.90 bits per heavy atom. The van der Waals surface area contributed by atoms with Crippen LogP contribution in [-0.2, 0) is 30.7 Å². The minimum atomic E-state index is -0.0793. The van der Waals surface area contributed by atoms with E-state index in [-0.39, 0.29) is 17.2 Å². The van der Waals surface area contributed by atoms with Crippen LogP contribution in [0.5, 0.6) is 0 Å². The molecule has 1 N–H and O–H groups in total. The van der Waals surface area contributed by atoms with E-state index in [1.54, 1.807) is 22.0 Å². The Hall–Kier alpha value is -2.38. The van der Waals surface area contributed by atoms with Crippen molar-refractivity contribution in [3.8, 4) is 0 Å². The van der Waals surface area contributed by atoms with Crippen molar-refractivity contribution in [2.75, 3.05) is 5.75 Å². The summed E-state index contributed by atoms with van der Waals surface area (Å²) in [4.78, 5) is 32.6. The Labute approximate surface area is 190 Å². The fourth-order valence-electron chi connectivity index (χ4n) is 3.89. The summed E-state index contributed by atoms with van der Waals surface area (Å²) in [5.74, 6) is 0.773. The number of rotatable bonds is 7. The minimum absolute atomic E-state index is 0.0143. The molecule has 7 heteroatoms. The molecule has 1 unspecified atom stereocenters. The van der Waals surface area contributed by atoms with E-state index in [4.69, 9.17) is 4.98 Å². The smallest absolute Gasteiger partial charge is 0.263 e. The van der Waals surface area contributed by atoms with Gasteiger partial charge in [-0.2, -0.15) is 0 Å². The van der Waals surface area contributed by atoms with Gasteiger partial charge < -0.3 is 5.32 Å². The van der Waals surface area contributed by atoms with Crippen LogP contribution in [-0.4, -0.2) is 21.2 Å². The maximum absolute atomic E-state index is 13.3. The molecule has 1 aliphatic rings. The van der Waals surface area contributed by atoms with Gasteiger partial charge in [0.2, 0.25) is 5.91 Å². The van der Waals surface area contributed by atoms with Gasteiger partial charge in [0.05, 0.1) is 11.1 Å². The summed E-state index contributed by atoms with van der Waals surface area (Å²) in [6.07, 6.45) is 4.77. The van der Waals surface area contributed by atoms with E-state index in [2.05, 4.69) is 18.8 Å². The van der Waals surface area contributed by atoms with Crippen molar-refractivity contribution in [1.82, 2.24) is 14.9 Å². The summed E-state index contributed by atoms with van der Waals surface area (Å²) in [7, 11) is 0. The molecular formula is C24H27N3O2S2. The number of amides is 1. The van der Waals surface area contributed by atoms with Crippen molar-refractivity contribution in [2.24, 2.45) is 5.92 Å². The van der Waals surface area contributed by atoms with Gasteiger partial charge in [-0.1, -0.05) is 54.6 Å². The van der Waals surface area contributed by atoms with Gasteiger partial charge >= 0.3 is 0 Å². The lowest BCUT2D eigenvalue weighted by Crippen LogP contribution is -2.26. The average Bonchev–Trinajstić information content (AvgIpc) is 3.11. The second-order valence-corrected chi connectivity index (χ2v) is 10.2. The van der Waals surface area contributed by atoms with Crippen LogP contribution in [0.4, 0.5) is 0 Å². The number of thiophene rings is 1. The third-order valence-corrected chi connectivity index (χ3v) is 7.76. The molecule has 3 aromatic rings. The maximum atomic E-state index is 13.3. The lowest BCUT2D eigenvalue weighted by atomic mass is 9.89. The van der Waals surface area contributed by atoms with E-state index in [9.17, 15) is 9.59 Å². The highest BCUT2D eigenvalue weighted by Gasteiger charge is 2.24. The van der Waals surface area contributed by atoms with Gasteiger partial charge in [0.1, 0.15) is 4.83 Å². The molecule has 0 saturated heterocycles. The number of hydrogen-bond acceptors (Lipinski definition) is 5. The molecule has 0 radical (unpaired) electrons. The van der Waals surface area contributed by atoms with E-state index in [0.717, 1.165) is 35.0 Å². The fraction of sp³-hybridized carbons (Fsp3) is 0.375. The monoisotopic (exact) mass is 453 g/mol. The van der Waals surface area contributed by atoms with Crippen LogP contribution in [0.15, 0.2) is 46.9 Å². The van der Waals surface area contributed by atoms with Gasteiger partial charge in [-0.05, 0) is 43.2 Å². The zero-order chi connectivity index (χ0) is 22.0.